The first-order valence-electron chi connectivity index (χ1n) is 13.8. The fraction of sp³-hybridized carbons (Fsp3) is 0.367. The Morgan fingerprint density at radius 3 is 2.56 bits per heavy atom. The number of anilines is 4. The van der Waals surface area contributed by atoms with Crippen LogP contribution in [0, 0.1) is 12.8 Å². The van der Waals surface area contributed by atoms with Crippen LogP contribution in [0.1, 0.15) is 34.3 Å². The summed E-state index contributed by atoms with van der Waals surface area (Å²) in [4.78, 5) is 35.5. The summed E-state index contributed by atoms with van der Waals surface area (Å²) in [6, 6.07) is 8.33. The third-order valence-corrected chi connectivity index (χ3v) is 7.40. The topological polar surface area (TPSA) is 108 Å². The first kappa shape index (κ1) is 30.0. The van der Waals surface area contributed by atoms with Gasteiger partial charge in [-0.3, -0.25) is 4.79 Å². The van der Waals surface area contributed by atoms with Crippen molar-refractivity contribution in [3.63, 3.8) is 0 Å². The Bertz CT molecular complexity index is 1620. The minimum absolute atomic E-state index is 0.00928. The number of nitrogens with one attached hydrogen (secondary N) is 2. The van der Waals surface area contributed by atoms with Gasteiger partial charge in [0.15, 0.2) is 5.82 Å². The predicted molar refractivity (Wildman–Crippen MR) is 159 cm³/mol. The van der Waals surface area contributed by atoms with Gasteiger partial charge in [-0.25, -0.2) is 19.9 Å². The van der Waals surface area contributed by atoms with Crippen LogP contribution in [0.5, 0.6) is 5.75 Å². The number of alkyl halides is 3. The maximum absolute atomic E-state index is 13.5. The van der Waals surface area contributed by atoms with E-state index in [4.69, 9.17) is 9.72 Å². The number of hydrogen-bond donors (Lipinski definition) is 2. The van der Waals surface area contributed by atoms with Crippen LogP contribution in [-0.4, -0.2) is 71.6 Å². The van der Waals surface area contributed by atoms with Gasteiger partial charge < -0.3 is 25.2 Å². The van der Waals surface area contributed by atoms with E-state index in [9.17, 15) is 18.0 Å². The molecule has 13 heteroatoms. The summed E-state index contributed by atoms with van der Waals surface area (Å²) in [5, 5.41) is 5.81. The molecule has 0 bridgehead atoms. The Morgan fingerprint density at radius 2 is 1.86 bits per heavy atom. The number of methoxy groups -OCH3 is 1. The van der Waals surface area contributed by atoms with E-state index >= 15 is 0 Å². The monoisotopic (exact) mass is 594 g/mol. The zero-order valence-corrected chi connectivity index (χ0v) is 24.4. The lowest BCUT2D eigenvalue weighted by Gasteiger charge is -2.33. The molecule has 0 radical (unpaired) electrons. The quantitative estimate of drug-likeness (QED) is 0.272. The van der Waals surface area contributed by atoms with Gasteiger partial charge in [-0.15, -0.1) is 0 Å². The van der Waals surface area contributed by atoms with Crippen LogP contribution >= 0.6 is 0 Å². The van der Waals surface area contributed by atoms with Crippen LogP contribution in [0.4, 0.5) is 36.3 Å². The Hall–Kier alpha value is -4.52. The number of amides is 1. The highest BCUT2D eigenvalue weighted by atomic mass is 19.4. The van der Waals surface area contributed by atoms with E-state index in [2.05, 4.69) is 49.5 Å². The Kier molecular flexibility index (Phi) is 8.62. The molecule has 5 rings (SSSR count). The number of ether oxygens (including phenoxy) is 1. The molecule has 4 aromatic rings. The van der Waals surface area contributed by atoms with Crippen molar-refractivity contribution in [3.8, 4) is 5.75 Å². The summed E-state index contributed by atoms with van der Waals surface area (Å²) in [5.74, 6) is 0.787. The zero-order chi connectivity index (χ0) is 30.7. The minimum Gasteiger partial charge on any atom is -0.496 e. The number of benzene rings is 2. The van der Waals surface area contributed by atoms with Crippen molar-refractivity contribution >= 4 is 40.1 Å². The normalized spacial score (nSPS) is 14.3. The first-order valence-corrected chi connectivity index (χ1v) is 13.8. The molecule has 0 unspecified atom stereocenters. The number of aryl methyl sites for hydroxylation is 1. The van der Waals surface area contributed by atoms with E-state index in [1.165, 1.54) is 18.5 Å². The number of halogens is 3. The molecule has 0 saturated carbocycles. The molecular formula is C30H33F3N8O2. The lowest BCUT2D eigenvalue weighted by molar-refractivity contribution is -0.138. The van der Waals surface area contributed by atoms with Crippen LogP contribution in [0.25, 0.3) is 11.0 Å². The number of carbonyl (C=O) groups is 1. The smallest absolute Gasteiger partial charge is 0.420 e. The Morgan fingerprint density at radius 1 is 1.09 bits per heavy atom. The molecule has 3 heterocycles. The Labute approximate surface area is 247 Å². The molecule has 1 aliphatic heterocycles. The molecule has 2 N–H and O–H groups in total. The van der Waals surface area contributed by atoms with Crippen LogP contribution < -0.4 is 20.3 Å². The van der Waals surface area contributed by atoms with Gasteiger partial charge in [0.1, 0.15) is 23.1 Å². The van der Waals surface area contributed by atoms with E-state index in [0.29, 0.717) is 34.4 Å². The highest BCUT2D eigenvalue weighted by Gasteiger charge is 2.34. The molecule has 0 aliphatic carbocycles. The molecule has 226 valence electrons. The van der Waals surface area contributed by atoms with E-state index in [0.717, 1.165) is 51.2 Å². The summed E-state index contributed by atoms with van der Waals surface area (Å²) in [6.45, 7) is 4.63. The minimum atomic E-state index is -4.64. The third-order valence-electron chi connectivity index (χ3n) is 7.40. The van der Waals surface area contributed by atoms with Crippen molar-refractivity contribution in [2.45, 2.75) is 25.9 Å². The third kappa shape index (κ3) is 6.94. The maximum atomic E-state index is 13.5. The van der Waals surface area contributed by atoms with E-state index in [1.54, 1.807) is 24.4 Å². The fourth-order valence-electron chi connectivity index (χ4n) is 5.16. The molecular weight excluding hydrogens is 561 g/mol. The van der Waals surface area contributed by atoms with Crippen LogP contribution in [-0.2, 0) is 6.18 Å². The van der Waals surface area contributed by atoms with Crippen LogP contribution in [0.2, 0.25) is 0 Å². The van der Waals surface area contributed by atoms with Gasteiger partial charge in [0.25, 0.3) is 5.91 Å². The lowest BCUT2D eigenvalue weighted by atomic mass is 9.97. The average Bonchev–Trinajstić information content (AvgIpc) is 2.98. The second-order valence-electron chi connectivity index (χ2n) is 10.8. The molecule has 1 amide bonds. The number of fused-ring (bicyclic) bond motifs is 1. The number of piperidine rings is 1. The van der Waals surface area contributed by atoms with Gasteiger partial charge in [-0.2, -0.15) is 13.2 Å². The van der Waals surface area contributed by atoms with Gasteiger partial charge in [0.05, 0.1) is 18.9 Å². The van der Waals surface area contributed by atoms with Crippen molar-refractivity contribution in [2.75, 3.05) is 56.4 Å². The van der Waals surface area contributed by atoms with Gasteiger partial charge in [-0.05, 0) is 75.7 Å². The average molecular weight is 595 g/mol. The number of carbonyl (C=O) groups excluding carboxylic acids is 1. The largest absolute Gasteiger partial charge is 0.496 e. The van der Waals surface area contributed by atoms with Gasteiger partial charge in [-0.1, -0.05) is 6.07 Å². The SMILES string of the molecule is COc1ccc(NC(=O)c2ccc(C)c(Nc3ncnc4cnc(N5CCC(CN(C)C)CC5)nc34)c2)cc1C(F)(F)F. The molecule has 1 saturated heterocycles. The predicted octanol–water partition coefficient (Wildman–Crippen LogP) is 5.53. The standard InChI is InChI=1S/C30H33F3N8O2/c1-18-5-6-20(28(42)37-21-7-8-25(43-4)22(14-21)30(31,32)33)13-23(18)38-27-26-24(35-17-36-27)15-34-29(39-26)41-11-9-19(10-12-41)16-40(2)3/h5-8,13-15,17,19H,9-12,16H2,1-4H3,(H,37,42)(H,35,36,38). The molecule has 43 heavy (non-hydrogen) atoms. The lowest BCUT2D eigenvalue weighted by Crippen LogP contribution is -2.38. The number of nitrogens with zero attached hydrogens (tertiary/aromatic N) is 6. The Balaban J connectivity index is 1.36. The van der Waals surface area contributed by atoms with Gasteiger partial charge in [0.2, 0.25) is 5.95 Å². The summed E-state index contributed by atoms with van der Waals surface area (Å²) < 4.78 is 45.2. The first-order chi connectivity index (χ1) is 20.5. The molecule has 2 aromatic carbocycles. The van der Waals surface area contributed by atoms with E-state index < -0.39 is 17.6 Å². The number of rotatable bonds is 8. The van der Waals surface area contributed by atoms with Crippen molar-refractivity contribution in [2.24, 2.45) is 5.92 Å². The number of hydrogen-bond acceptors (Lipinski definition) is 9. The van der Waals surface area contributed by atoms with Crippen molar-refractivity contribution in [3.05, 3.63) is 65.6 Å². The second kappa shape index (κ2) is 12.4. The fourth-order valence-corrected chi connectivity index (χ4v) is 5.16. The highest BCUT2D eigenvalue weighted by molar-refractivity contribution is 6.05. The molecule has 1 fully saturated rings. The van der Waals surface area contributed by atoms with Crippen molar-refractivity contribution < 1.29 is 22.7 Å². The molecule has 10 nitrogen and oxygen atoms in total. The highest BCUT2D eigenvalue weighted by Crippen LogP contribution is 2.38. The van der Waals surface area contributed by atoms with Crippen LogP contribution in [0.15, 0.2) is 48.9 Å². The summed E-state index contributed by atoms with van der Waals surface area (Å²) in [6.07, 6.45) is 0.556. The molecule has 0 atom stereocenters. The van der Waals surface area contributed by atoms with Crippen molar-refractivity contribution in [1.82, 2.24) is 24.8 Å². The summed E-state index contributed by atoms with van der Waals surface area (Å²) >= 11 is 0. The van der Waals surface area contributed by atoms with Gasteiger partial charge >= 0.3 is 6.18 Å². The molecule has 1 aliphatic rings. The van der Waals surface area contributed by atoms with Gasteiger partial charge in [0, 0.05) is 36.6 Å². The number of aromatic nitrogens is 4. The van der Waals surface area contributed by atoms with E-state index in [-0.39, 0.29) is 17.0 Å². The van der Waals surface area contributed by atoms with E-state index in [1.807, 2.05) is 6.92 Å². The second-order valence-corrected chi connectivity index (χ2v) is 10.8. The zero-order valence-electron chi connectivity index (χ0n) is 24.4. The molecule has 0 spiro atoms. The van der Waals surface area contributed by atoms with Crippen LogP contribution in [0.3, 0.4) is 0 Å². The molecule has 2 aromatic heterocycles. The van der Waals surface area contributed by atoms with Crippen molar-refractivity contribution in [1.29, 1.82) is 0 Å². The summed E-state index contributed by atoms with van der Waals surface area (Å²) in [7, 11) is 5.34. The summed E-state index contributed by atoms with van der Waals surface area (Å²) in [5.41, 5.74) is 1.77. The maximum Gasteiger partial charge on any atom is 0.420 e.